The van der Waals surface area contributed by atoms with E-state index in [9.17, 15) is 8.42 Å². The summed E-state index contributed by atoms with van der Waals surface area (Å²) in [5.74, 6) is 1.56. The van der Waals surface area contributed by atoms with E-state index < -0.39 is 9.84 Å². The highest BCUT2D eigenvalue weighted by Gasteiger charge is 2.29. The van der Waals surface area contributed by atoms with Gasteiger partial charge in [0.05, 0.1) is 17.1 Å². The predicted octanol–water partition coefficient (Wildman–Crippen LogP) is 2.46. The minimum absolute atomic E-state index is 0.258. The van der Waals surface area contributed by atoms with Crippen LogP contribution in [0, 0.1) is 5.92 Å². The van der Waals surface area contributed by atoms with Crippen LogP contribution >= 0.6 is 0 Å². The molecule has 7 nitrogen and oxygen atoms in total. The quantitative estimate of drug-likeness (QED) is 0.839. The molecule has 3 rings (SSSR count). The van der Waals surface area contributed by atoms with E-state index in [0.717, 1.165) is 42.6 Å². The van der Waals surface area contributed by atoms with Crippen molar-refractivity contribution in [2.24, 2.45) is 18.0 Å². The number of aliphatic imine (C=N–C) groups is 1. The van der Waals surface area contributed by atoms with E-state index in [0.29, 0.717) is 11.7 Å². The maximum absolute atomic E-state index is 11.5. The van der Waals surface area contributed by atoms with Crippen LogP contribution in [-0.4, -0.2) is 47.1 Å². The van der Waals surface area contributed by atoms with Gasteiger partial charge in [0, 0.05) is 31.0 Å². The number of aromatic amines is 1. The molecular weight excluding hydrogens is 326 g/mol. The molecule has 0 aliphatic heterocycles. The highest BCUT2D eigenvalue weighted by atomic mass is 32.2. The highest BCUT2D eigenvalue weighted by molar-refractivity contribution is 7.90. The lowest BCUT2D eigenvalue weighted by atomic mass is 9.80. The molecular formula is C16H23N5O2S. The molecule has 0 spiro atoms. The summed E-state index contributed by atoms with van der Waals surface area (Å²) in [7, 11) is -1.03. The number of H-pyrrole nitrogens is 1. The molecule has 0 radical (unpaired) electrons. The monoisotopic (exact) mass is 349 g/mol. The molecule has 1 fully saturated rings. The first-order valence-electron chi connectivity index (χ1n) is 8.11. The van der Waals surface area contributed by atoms with Gasteiger partial charge in [-0.05, 0) is 44.4 Å². The van der Waals surface area contributed by atoms with Gasteiger partial charge in [0.1, 0.15) is 15.7 Å². The van der Waals surface area contributed by atoms with Gasteiger partial charge in [-0.15, -0.1) is 5.10 Å². The summed E-state index contributed by atoms with van der Waals surface area (Å²) >= 11 is 0. The van der Waals surface area contributed by atoms with Crippen molar-refractivity contribution < 1.29 is 8.42 Å². The number of aromatic nitrogens is 4. The van der Waals surface area contributed by atoms with Crippen molar-refractivity contribution in [1.82, 2.24) is 20.0 Å². The van der Waals surface area contributed by atoms with E-state index >= 15 is 0 Å². The average Bonchev–Trinajstić information content (AvgIpc) is 3.12. The Morgan fingerprint density at radius 3 is 2.71 bits per heavy atom. The molecule has 0 saturated heterocycles. The topological polar surface area (TPSA) is 93.0 Å². The first-order chi connectivity index (χ1) is 11.4. The molecule has 1 N–H and O–H groups in total. The Morgan fingerprint density at radius 1 is 1.38 bits per heavy atom. The fraction of sp³-hybridized carbons (Fsp3) is 0.562. The van der Waals surface area contributed by atoms with Crippen LogP contribution in [0.1, 0.15) is 37.3 Å². The average molecular weight is 349 g/mol. The maximum atomic E-state index is 11.5. The van der Waals surface area contributed by atoms with Crippen molar-refractivity contribution in [3.63, 3.8) is 0 Å². The van der Waals surface area contributed by atoms with Crippen LogP contribution in [0.2, 0.25) is 0 Å². The zero-order valence-electron chi connectivity index (χ0n) is 14.1. The summed E-state index contributed by atoms with van der Waals surface area (Å²) in [6, 6.07) is 1.96. The van der Waals surface area contributed by atoms with Gasteiger partial charge < -0.3 is 4.98 Å². The summed E-state index contributed by atoms with van der Waals surface area (Å²) in [6.07, 6.45) is 6.84. The third kappa shape index (κ3) is 3.43. The fourth-order valence-corrected chi connectivity index (χ4v) is 4.86. The highest BCUT2D eigenvalue weighted by Crippen LogP contribution is 2.40. The number of sulfone groups is 1. The van der Waals surface area contributed by atoms with Crippen LogP contribution in [0.25, 0.3) is 11.3 Å². The Hall–Kier alpha value is -1.96. The molecule has 0 amide bonds. The summed E-state index contributed by atoms with van der Waals surface area (Å²) < 4.78 is 24.8. The number of rotatable bonds is 5. The smallest absolute Gasteiger partial charge is 0.147 e. The van der Waals surface area contributed by atoms with Gasteiger partial charge in [-0.3, -0.25) is 0 Å². The zero-order chi connectivity index (χ0) is 17.3. The number of aryl methyl sites for hydroxylation is 1. The van der Waals surface area contributed by atoms with Crippen LogP contribution in [0.15, 0.2) is 17.3 Å². The van der Waals surface area contributed by atoms with Crippen LogP contribution in [0.4, 0.5) is 5.82 Å². The third-order valence-electron chi connectivity index (χ3n) is 4.76. The van der Waals surface area contributed by atoms with E-state index in [1.807, 2.05) is 19.3 Å². The molecule has 0 bridgehead atoms. The second-order valence-corrected chi connectivity index (χ2v) is 8.84. The van der Waals surface area contributed by atoms with Gasteiger partial charge in [0.2, 0.25) is 0 Å². The molecule has 2 aromatic heterocycles. The minimum atomic E-state index is -2.91. The zero-order valence-corrected chi connectivity index (χ0v) is 14.9. The molecule has 0 atom stereocenters. The third-order valence-corrected chi connectivity index (χ3v) is 5.84. The molecule has 130 valence electrons. The summed E-state index contributed by atoms with van der Waals surface area (Å²) in [5.41, 5.74) is 2.88. The van der Waals surface area contributed by atoms with Crippen LogP contribution < -0.4 is 0 Å². The predicted molar refractivity (Wildman–Crippen MR) is 94.4 cm³/mol. The lowest BCUT2D eigenvalue weighted by Crippen LogP contribution is -2.21. The normalized spacial score (nSPS) is 21.8. The largest absolute Gasteiger partial charge is 0.346 e. The van der Waals surface area contributed by atoms with Gasteiger partial charge in [-0.25, -0.2) is 18.1 Å². The molecule has 8 heteroatoms. The van der Waals surface area contributed by atoms with Crippen LogP contribution in [0.3, 0.4) is 0 Å². The molecule has 0 aromatic carbocycles. The number of hydrogen-bond donors (Lipinski definition) is 1. The number of hydrogen-bond acceptors (Lipinski definition) is 5. The van der Waals surface area contributed by atoms with Gasteiger partial charge in [-0.2, -0.15) is 0 Å². The van der Waals surface area contributed by atoms with Crippen molar-refractivity contribution in [1.29, 1.82) is 0 Å². The van der Waals surface area contributed by atoms with Crippen molar-refractivity contribution >= 4 is 22.4 Å². The van der Waals surface area contributed by atoms with Gasteiger partial charge >= 0.3 is 0 Å². The number of nitrogens with zero attached hydrogens (tertiary/aromatic N) is 4. The second-order valence-electron chi connectivity index (χ2n) is 6.66. The SMILES string of the molecule is C=Nc1[nH]ccc1-c1c(C2CCC(CS(C)(=O)=O)CC2)nnn1C. The Bertz CT molecular complexity index is 829. The maximum Gasteiger partial charge on any atom is 0.147 e. The summed E-state index contributed by atoms with van der Waals surface area (Å²) in [5, 5.41) is 8.59. The van der Waals surface area contributed by atoms with Gasteiger partial charge in [-0.1, -0.05) is 5.21 Å². The Kier molecular flexibility index (Phi) is 4.58. The first-order valence-corrected chi connectivity index (χ1v) is 10.2. The van der Waals surface area contributed by atoms with Crippen LogP contribution in [0.5, 0.6) is 0 Å². The van der Waals surface area contributed by atoms with E-state index in [1.54, 1.807) is 4.68 Å². The van der Waals surface area contributed by atoms with Crippen molar-refractivity contribution in [2.45, 2.75) is 31.6 Å². The molecule has 1 saturated carbocycles. The van der Waals surface area contributed by atoms with Crippen molar-refractivity contribution in [3.05, 3.63) is 18.0 Å². The lowest BCUT2D eigenvalue weighted by Gasteiger charge is -2.27. The molecule has 1 aliphatic carbocycles. The van der Waals surface area contributed by atoms with Gasteiger partial charge in [0.15, 0.2) is 0 Å². The fourth-order valence-electron chi connectivity index (χ4n) is 3.67. The van der Waals surface area contributed by atoms with E-state index in [1.165, 1.54) is 6.26 Å². The minimum Gasteiger partial charge on any atom is -0.346 e. The molecule has 0 unspecified atom stereocenters. The standard InChI is InChI=1S/C16H23N5O2S/c1-17-16-13(8-9-18-16)15-14(19-20-21(15)2)12-6-4-11(5-7-12)10-24(3,22)23/h8-9,11-12,18H,1,4-7,10H2,2-3H3. The molecule has 1 aliphatic rings. The Balaban J connectivity index is 1.81. The van der Waals surface area contributed by atoms with Crippen molar-refractivity contribution in [2.75, 3.05) is 12.0 Å². The summed E-state index contributed by atoms with van der Waals surface area (Å²) in [4.78, 5) is 7.09. The van der Waals surface area contributed by atoms with Gasteiger partial charge in [0.25, 0.3) is 0 Å². The molecule has 2 aromatic rings. The van der Waals surface area contributed by atoms with E-state index in [2.05, 4.69) is 27.0 Å². The molecule has 24 heavy (non-hydrogen) atoms. The van der Waals surface area contributed by atoms with E-state index in [-0.39, 0.29) is 11.7 Å². The van der Waals surface area contributed by atoms with Crippen LogP contribution in [-0.2, 0) is 16.9 Å². The lowest BCUT2D eigenvalue weighted by molar-refractivity contribution is 0.345. The Morgan fingerprint density at radius 2 is 2.08 bits per heavy atom. The Labute approximate surface area is 142 Å². The summed E-state index contributed by atoms with van der Waals surface area (Å²) in [6.45, 7) is 3.60. The molecule has 2 heterocycles. The number of nitrogens with one attached hydrogen (secondary N) is 1. The van der Waals surface area contributed by atoms with Crippen molar-refractivity contribution in [3.8, 4) is 11.3 Å². The first kappa shape index (κ1) is 16.9. The van der Waals surface area contributed by atoms with E-state index in [4.69, 9.17) is 0 Å². The second kappa shape index (κ2) is 6.51.